The summed E-state index contributed by atoms with van der Waals surface area (Å²) in [6.45, 7) is 17.5. The molecule has 0 radical (unpaired) electrons. The van der Waals surface area contributed by atoms with E-state index < -0.39 is 31.8 Å². The van der Waals surface area contributed by atoms with Crippen LogP contribution < -0.4 is 0 Å². The van der Waals surface area contributed by atoms with Crippen molar-refractivity contribution in [3.05, 3.63) is 0 Å². The Morgan fingerprint density at radius 3 is 1.76 bits per heavy atom. The summed E-state index contributed by atoms with van der Waals surface area (Å²) in [7, 11) is -2.41. The molecule has 9 heteroatoms. The molecular formula is C20H39NO7Si. The van der Waals surface area contributed by atoms with Gasteiger partial charge in [-0.15, -0.1) is 5.06 Å². The average Bonchev–Trinajstić information content (AvgIpc) is 2.44. The molecule has 0 bridgehead atoms. The predicted molar refractivity (Wildman–Crippen MR) is 113 cm³/mol. The van der Waals surface area contributed by atoms with Gasteiger partial charge in [0.05, 0.1) is 6.54 Å². The first kappa shape index (κ1) is 27.4. The van der Waals surface area contributed by atoms with Gasteiger partial charge in [-0.25, -0.2) is 9.59 Å². The van der Waals surface area contributed by atoms with Crippen LogP contribution in [0.15, 0.2) is 0 Å². The summed E-state index contributed by atoms with van der Waals surface area (Å²) in [5.41, 5.74) is -1.59. The molecule has 8 nitrogen and oxygen atoms in total. The molecule has 170 valence electrons. The number of Topliss-reactive ketones (excluding diaryl/α,β-unsaturated/α-hetero) is 1. The number of hydrogen-bond acceptors (Lipinski definition) is 7. The van der Waals surface area contributed by atoms with Gasteiger partial charge in [-0.05, 0) is 66.1 Å². The van der Waals surface area contributed by atoms with Gasteiger partial charge in [0.25, 0.3) is 0 Å². The monoisotopic (exact) mass is 433 g/mol. The maximum absolute atomic E-state index is 12.4. The van der Waals surface area contributed by atoms with E-state index in [4.69, 9.17) is 14.3 Å². The molecule has 0 unspecified atom stereocenters. The van der Waals surface area contributed by atoms with Crippen molar-refractivity contribution < 1.29 is 33.5 Å². The molecule has 0 aromatic carbocycles. The van der Waals surface area contributed by atoms with Crippen LogP contribution in [0.5, 0.6) is 0 Å². The zero-order valence-electron chi connectivity index (χ0n) is 19.7. The van der Waals surface area contributed by atoms with Gasteiger partial charge in [0, 0.05) is 12.8 Å². The Hall–Kier alpha value is -1.61. The molecule has 0 aromatic heterocycles. The van der Waals surface area contributed by atoms with Crippen molar-refractivity contribution in [3.63, 3.8) is 0 Å². The van der Waals surface area contributed by atoms with E-state index in [0.29, 0.717) is 11.5 Å². The van der Waals surface area contributed by atoms with E-state index in [1.165, 1.54) is 0 Å². The van der Waals surface area contributed by atoms with Crippen LogP contribution in [0.1, 0.15) is 74.7 Å². The van der Waals surface area contributed by atoms with E-state index in [1.54, 1.807) is 41.5 Å². The number of carbonyl (C=O) groups is 3. The Kier molecular flexibility index (Phi) is 9.38. The number of rotatable bonds is 7. The third kappa shape index (κ3) is 11.9. The highest BCUT2D eigenvalue weighted by Crippen LogP contribution is 2.39. The van der Waals surface area contributed by atoms with E-state index in [2.05, 4.69) is 0 Å². The first-order chi connectivity index (χ1) is 12.7. The van der Waals surface area contributed by atoms with Crippen molar-refractivity contribution in [2.24, 2.45) is 0 Å². The predicted octanol–water partition coefficient (Wildman–Crippen LogP) is 4.81. The molecule has 0 saturated heterocycles. The fraction of sp³-hybridized carbons (Fsp3) is 0.850. The minimum absolute atomic E-state index is 0.00840. The average molecular weight is 434 g/mol. The standard InChI is InChI=1S/C20H39NO7Si/c1-18(2,3)26-16(23)21(28-17(24)27-19(4,5)6)14-12-15(22)11-13-20(7,8)29(9,10)25/h25H,11-14H2,1-10H3. The van der Waals surface area contributed by atoms with Crippen LogP contribution in [0.2, 0.25) is 18.1 Å². The second-order valence-corrected chi connectivity index (χ2v) is 14.8. The molecular weight excluding hydrogens is 394 g/mol. The van der Waals surface area contributed by atoms with E-state index in [0.717, 1.165) is 0 Å². The summed E-state index contributed by atoms with van der Waals surface area (Å²) >= 11 is 0. The molecule has 1 N–H and O–H groups in total. The lowest BCUT2D eigenvalue weighted by molar-refractivity contribution is -0.140. The van der Waals surface area contributed by atoms with Crippen LogP contribution in [-0.4, -0.2) is 54.0 Å². The summed E-state index contributed by atoms with van der Waals surface area (Å²) in [5, 5.41) is 0.396. The highest BCUT2D eigenvalue weighted by molar-refractivity contribution is 6.72. The Morgan fingerprint density at radius 2 is 1.34 bits per heavy atom. The number of nitrogens with zero attached hydrogens (tertiary/aromatic N) is 1. The Morgan fingerprint density at radius 1 is 0.862 bits per heavy atom. The SMILES string of the molecule is CC(C)(C)OC(=O)ON(CCC(=O)CCC(C)(C)[Si](C)(C)O)C(=O)OC(C)(C)C. The van der Waals surface area contributed by atoms with Crippen molar-refractivity contribution in [1.82, 2.24) is 5.06 Å². The molecule has 29 heavy (non-hydrogen) atoms. The zero-order chi connectivity index (χ0) is 23.3. The van der Waals surface area contributed by atoms with Gasteiger partial charge in [0.15, 0.2) is 8.32 Å². The van der Waals surface area contributed by atoms with Gasteiger partial charge in [-0.2, -0.15) is 0 Å². The van der Waals surface area contributed by atoms with Gasteiger partial charge in [-0.1, -0.05) is 13.8 Å². The van der Waals surface area contributed by atoms with Crippen molar-refractivity contribution in [3.8, 4) is 0 Å². The minimum Gasteiger partial charge on any atom is -0.442 e. The second-order valence-electron chi connectivity index (χ2n) is 10.4. The number of carbonyl (C=O) groups excluding carboxylic acids is 3. The maximum Gasteiger partial charge on any atom is 0.534 e. The van der Waals surface area contributed by atoms with E-state index in [-0.39, 0.29) is 30.2 Å². The largest absolute Gasteiger partial charge is 0.534 e. The van der Waals surface area contributed by atoms with E-state index in [9.17, 15) is 19.2 Å². The Balaban J connectivity index is 4.97. The smallest absolute Gasteiger partial charge is 0.442 e. The van der Waals surface area contributed by atoms with Gasteiger partial charge in [0.2, 0.25) is 0 Å². The van der Waals surface area contributed by atoms with Gasteiger partial charge in [0.1, 0.15) is 17.0 Å². The van der Waals surface area contributed by atoms with E-state index in [1.807, 2.05) is 26.9 Å². The maximum atomic E-state index is 12.4. The molecule has 0 atom stereocenters. The first-order valence-corrected chi connectivity index (χ1v) is 12.8. The Labute approximate surface area is 176 Å². The van der Waals surface area contributed by atoms with Crippen LogP contribution in [-0.2, 0) is 19.1 Å². The van der Waals surface area contributed by atoms with Crippen LogP contribution in [0, 0.1) is 0 Å². The first-order valence-electron chi connectivity index (χ1n) is 9.89. The van der Waals surface area contributed by atoms with Crippen LogP contribution in [0.25, 0.3) is 0 Å². The van der Waals surface area contributed by atoms with E-state index >= 15 is 0 Å². The quantitative estimate of drug-likeness (QED) is 0.349. The summed E-state index contributed by atoms with van der Waals surface area (Å²) < 4.78 is 10.3. The number of amides is 1. The van der Waals surface area contributed by atoms with Gasteiger partial charge in [-0.3, -0.25) is 4.79 Å². The summed E-state index contributed by atoms with van der Waals surface area (Å²) in [5.74, 6) is -0.0994. The second kappa shape index (κ2) is 9.93. The summed E-state index contributed by atoms with van der Waals surface area (Å²) in [6.07, 6.45) is -1.13. The third-order valence-corrected chi connectivity index (χ3v) is 8.01. The lowest BCUT2D eigenvalue weighted by Crippen LogP contribution is -2.41. The van der Waals surface area contributed by atoms with Gasteiger partial charge < -0.3 is 19.1 Å². The number of hydroxylamine groups is 2. The van der Waals surface area contributed by atoms with Crippen molar-refractivity contribution in [1.29, 1.82) is 0 Å². The lowest BCUT2D eigenvalue weighted by Gasteiger charge is -2.34. The van der Waals surface area contributed by atoms with Crippen LogP contribution in [0.4, 0.5) is 9.59 Å². The molecule has 0 aliphatic rings. The molecule has 1 amide bonds. The highest BCUT2D eigenvalue weighted by Gasteiger charge is 2.38. The Bertz CT molecular complexity index is 583. The van der Waals surface area contributed by atoms with Crippen molar-refractivity contribution >= 4 is 26.3 Å². The molecule has 0 aliphatic carbocycles. The van der Waals surface area contributed by atoms with Crippen LogP contribution in [0.3, 0.4) is 0 Å². The number of hydrogen-bond donors (Lipinski definition) is 1. The fourth-order valence-corrected chi connectivity index (χ4v) is 2.69. The summed E-state index contributed by atoms with van der Waals surface area (Å²) in [4.78, 5) is 52.0. The summed E-state index contributed by atoms with van der Waals surface area (Å²) in [6, 6.07) is 0. The molecule has 0 fully saturated rings. The molecule has 0 spiro atoms. The normalized spacial score (nSPS) is 12.9. The van der Waals surface area contributed by atoms with Gasteiger partial charge >= 0.3 is 12.2 Å². The molecule has 0 aliphatic heterocycles. The highest BCUT2D eigenvalue weighted by atomic mass is 28.4. The topological polar surface area (TPSA) is 102 Å². The third-order valence-electron chi connectivity index (χ3n) is 4.45. The van der Waals surface area contributed by atoms with Crippen LogP contribution >= 0.6 is 0 Å². The molecule has 0 rings (SSSR count). The number of ether oxygens (including phenoxy) is 2. The molecule has 0 aromatic rings. The number of ketones is 1. The molecule has 0 saturated carbocycles. The minimum atomic E-state index is -2.41. The van der Waals surface area contributed by atoms with Crippen molar-refractivity contribution in [2.75, 3.05) is 6.54 Å². The lowest BCUT2D eigenvalue weighted by atomic mass is 10.0. The fourth-order valence-electron chi connectivity index (χ4n) is 1.95. The zero-order valence-corrected chi connectivity index (χ0v) is 20.7. The molecule has 0 heterocycles. The van der Waals surface area contributed by atoms with Crippen molar-refractivity contribution in [2.45, 2.75) is 104 Å².